The summed E-state index contributed by atoms with van der Waals surface area (Å²) < 4.78 is 10.7. The van der Waals surface area contributed by atoms with Crippen molar-refractivity contribution in [1.82, 2.24) is 14.7 Å². The molecule has 3 heterocycles. The highest BCUT2D eigenvalue weighted by atomic mass is 16.7. The second kappa shape index (κ2) is 7.28. The zero-order chi connectivity index (χ0) is 19.1. The third-order valence-electron chi connectivity index (χ3n) is 6.32. The van der Waals surface area contributed by atoms with Crippen molar-refractivity contribution in [3.05, 3.63) is 23.8 Å². The zero-order valence-corrected chi connectivity index (χ0v) is 16.1. The summed E-state index contributed by atoms with van der Waals surface area (Å²) >= 11 is 0. The number of likely N-dealkylation sites (tertiary alicyclic amines) is 1. The smallest absolute Gasteiger partial charge is 0.254 e. The summed E-state index contributed by atoms with van der Waals surface area (Å²) in [6.07, 6.45) is 4.36. The Balaban J connectivity index is 1.21. The van der Waals surface area contributed by atoms with Crippen molar-refractivity contribution in [2.75, 3.05) is 46.1 Å². The molecule has 0 bridgehead atoms. The standard InChI is InChI=1S/C21H27N3O4/c25-20(16-4-5-18-19(12-16)28-14-27-18)23-8-1-7-22(10-11-23)17-6-9-24(21(17)26)13-15-2-3-15/h4-5,12,15,17H,1-3,6-11,13-14H2/t17-/m1/s1. The highest BCUT2D eigenvalue weighted by Crippen LogP contribution is 2.33. The quantitative estimate of drug-likeness (QED) is 0.787. The zero-order valence-electron chi connectivity index (χ0n) is 16.1. The van der Waals surface area contributed by atoms with Gasteiger partial charge in [-0.05, 0) is 49.8 Å². The maximum absolute atomic E-state index is 13.0. The first-order chi connectivity index (χ1) is 13.7. The van der Waals surface area contributed by atoms with Crippen LogP contribution in [0.1, 0.15) is 36.0 Å². The number of nitrogens with zero attached hydrogens (tertiary/aromatic N) is 3. The fourth-order valence-electron chi connectivity index (χ4n) is 4.52. The van der Waals surface area contributed by atoms with Gasteiger partial charge in [-0.3, -0.25) is 14.5 Å². The fourth-order valence-corrected chi connectivity index (χ4v) is 4.52. The van der Waals surface area contributed by atoms with Crippen LogP contribution in [0, 0.1) is 5.92 Å². The Morgan fingerprint density at radius 1 is 1.00 bits per heavy atom. The van der Waals surface area contributed by atoms with Gasteiger partial charge in [-0.2, -0.15) is 0 Å². The number of hydrogen-bond acceptors (Lipinski definition) is 5. The maximum atomic E-state index is 13.0. The van der Waals surface area contributed by atoms with E-state index in [4.69, 9.17) is 9.47 Å². The van der Waals surface area contributed by atoms with E-state index >= 15 is 0 Å². The highest BCUT2D eigenvalue weighted by Gasteiger charge is 2.38. The number of benzene rings is 1. The molecule has 0 spiro atoms. The summed E-state index contributed by atoms with van der Waals surface area (Å²) in [6.45, 7) is 5.03. The largest absolute Gasteiger partial charge is 0.454 e. The van der Waals surface area contributed by atoms with Crippen molar-refractivity contribution in [2.45, 2.75) is 31.7 Å². The van der Waals surface area contributed by atoms with Crippen molar-refractivity contribution < 1.29 is 19.1 Å². The van der Waals surface area contributed by atoms with E-state index in [-0.39, 0.29) is 18.7 Å². The molecule has 4 aliphatic rings. The van der Waals surface area contributed by atoms with Crippen LogP contribution in [-0.2, 0) is 4.79 Å². The number of hydrogen-bond donors (Lipinski definition) is 0. The number of ether oxygens (including phenoxy) is 2. The summed E-state index contributed by atoms with van der Waals surface area (Å²) in [7, 11) is 0. The van der Waals surface area contributed by atoms with Gasteiger partial charge in [0.25, 0.3) is 5.91 Å². The molecule has 0 radical (unpaired) electrons. The van der Waals surface area contributed by atoms with Gasteiger partial charge in [-0.1, -0.05) is 0 Å². The van der Waals surface area contributed by atoms with Crippen molar-refractivity contribution in [3.8, 4) is 11.5 Å². The normalized spacial score (nSPS) is 25.3. The first-order valence-corrected chi connectivity index (χ1v) is 10.4. The Labute approximate surface area is 165 Å². The molecular formula is C21H27N3O4. The van der Waals surface area contributed by atoms with Gasteiger partial charge in [-0.25, -0.2) is 0 Å². The Morgan fingerprint density at radius 2 is 1.86 bits per heavy atom. The SMILES string of the molecule is O=C(c1ccc2c(c1)OCO2)N1CCCN([C@@H]2CCN(CC3CC3)C2=O)CC1. The summed E-state index contributed by atoms with van der Waals surface area (Å²) in [6, 6.07) is 5.36. The van der Waals surface area contributed by atoms with E-state index in [1.165, 1.54) is 12.8 Å². The summed E-state index contributed by atoms with van der Waals surface area (Å²) in [5, 5.41) is 0. The van der Waals surface area contributed by atoms with Crippen LogP contribution in [0.15, 0.2) is 18.2 Å². The molecular weight excluding hydrogens is 358 g/mol. The van der Waals surface area contributed by atoms with E-state index < -0.39 is 0 Å². The highest BCUT2D eigenvalue weighted by molar-refractivity contribution is 5.95. The lowest BCUT2D eigenvalue weighted by atomic mass is 10.1. The molecule has 2 saturated heterocycles. The molecule has 1 saturated carbocycles. The van der Waals surface area contributed by atoms with Crippen molar-refractivity contribution in [1.29, 1.82) is 0 Å². The lowest BCUT2D eigenvalue weighted by Crippen LogP contribution is -2.44. The Hall–Kier alpha value is -2.28. The van der Waals surface area contributed by atoms with Gasteiger partial charge in [0.2, 0.25) is 12.7 Å². The van der Waals surface area contributed by atoms with Gasteiger partial charge in [0, 0.05) is 44.8 Å². The molecule has 3 aliphatic heterocycles. The minimum Gasteiger partial charge on any atom is -0.454 e. The third-order valence-corrected chi connectivity index (χ3v) is 6.32. The molecule has 7 nitrogen and oxygen atoms in total. The van der Waals surface area contributed by atoms with Crippen molar-refractivity contribution >= 4 is 11.8 Å². The topological polar surface area (TPSA) is 62.3 Å². The van der Waals surface area contributed by atoms with Crippen LogP contribution >= 0.6 is 0 Å². The molecule has 5 rings (SSSR count). The van der Waals surface area contributed by atoms with Gasteiger partial charge in [-0.15, -0.1) is 0 Å². The van der Waals surface area contributed by atoms with Crippen LogP contribution in [0.5, 0.6) is 11.5 Å². The molecule has 1 aromatic rings. The summed E-state index contributed by atoms with van der Waals surface area (Å²) in [5.74, 6) is 2.38. The van der Waals surface area contributed by atoms with Crippen LogP contribution in [0.3, 0.4) is 0 Å². The molecule has 1 aromatic carbocycles. The van der Waals surface area contributed by atoms with Crippen molar-refractivity contribution in [3.63, 3.8) is 0 Å². The molecule has 2 amide bonds. The first-order valence-electron chi connectivity index (χ1n) is 10.4. The predicted octanol–water partition coefficient (Wildman–Crippen LogP) is 1.57. The van der Waals surface area contributed by atoms with E-state index in [1.807, 2.05) is 4.90 Å². The van der Waals surface area contributed by atoms with Crippen LogP contribution in [-0.4, -0.2) is 78.6 Å². The molecule has 1 aliphatic carbocycles. The van der Waals surface area contributed by atoms with Crippen molar-refractivity contribution in [2.24, 2.45) is 5.92 Å². The van der Waals surface area contributed by atoms with Crippen LogP contribution < -0.4 is 9.47 Å². The van der Waals surface area contributed by atoms with E-state index in [2.05, 4.69) is 9.80 Å². The fraction of sp³-hybridized carbons (Fsp3) is 0.619. The summed E-state index contributed by atoms with van der Waals surface area (Å²) in [5.41, 5.74) is 0.630. The van der Waals surface area contributed by atoms with Gasteiger partial charge < -0.3 is 19.3 Å². The molecule has 0 aromatic heterocycles. The molecule has 28 heavy (non-hydrogen) atoms. The van der Waals surface area contributed by atoms with Crippen LogP contribution in [0.2, 0.25) is 0 Å². The Morgan fingerprint density at radius 3 is 2.71 bits per heavy atom. The average molecular weight is 385 g/mol. The van der Waals surface area contributed by atoms with Gasteiger partial charge >= 0.3 is 0 Å². The number of carbonyl (C=O) groups excluding carboxylic acids is 2. The second-order valence-corrected chi connectivity index (χ2v) is 8.28. The number of carbonyl (C=O) groups is 2. The van der Waals surface area contributed by atoms with E-state index in [9.17, 15) is 9.59 Å². The molecule has 1 atom stereocenters. The minimum atomic E-state index is -0.000606. The van der Waals surface area contributed by atoms with Crippen LogP contribution in [0.4, 0.5) is 0 Å². The molecule has 3 fully saturated rings. The maximum Gasteiger partial charge on any atom is 0.254 e. The minimum absolute atomic E-state index is 0.000606. The Kier molecular flexibility index (Phi) is 4.62. The number of rotatable bonds is 4. The Bertz CT molecular complexity index is 779. The third kappa shape index (κ3) is 3.43. The van der Waals surface area contributed by atoms with Gasteiger partial charge in [0.15, 0.2) is 11.5 Å². The molecule has 150 valence electrons. The molecule has 0 N–H and O–H groups in total. The average Bonchev–Trinajstić information content (AvgIpc) is 3.36. The predicted molar refractivity (Wildman–Crippen MR) is 102 cm³/mol. The van der Waals surface area contributed by atoms with Crippen LogP contribution in [0.25, 0.3) is 0 Å². The number of amides is 2. The van der Waals surface area contributed by atoms with Gasteiger partial charge in [0.1, 0.15) is 0 Å². The second-order valence-electron chi connectivity index (χ2n) is 8.28. The van der Waals surface area contributed by atoms with E-state index in [1.54, 1.807) is 18.2 Å². The van der Waals surface area contributed by atoms with E-state index in [0.29, 0.717) is 29.5 Å². The lowest BCUT2D eigenvalue weighted by Gasteiger charge is -2.26. The first kappa shape index (κ1) is 17.8. The van der Waals surface area contributed by atoms with E-state index in [0.717, 1.165) is 51.5 Å². The number of fused-ring (bicyclic) bond motifs is 1. The summed E-state index contributed by atoms with van der Waals surface area (Å²) in [4.78, 5) is 32.0. The monoisotopic (exact) mass is 385 g/mol. The molecule has 7 heteroatoms. The lowest BCUT2D eigenvalue weighted by molar-refractivity contribution is -0.132. The molecule has 0 unspecified atom stereocenters. The van der Waals surface area contributed by atoms with Gasteiger partial charge in [0.05, 0.1) is 6.04 Å².